The molecule has 1 nitrogen and oxygen atoms in total. The first-order chi connectivity index (χ1) is 6.42. The van der Waals surface area contributed by atoms with Gasteiger partial charge in [-0.3, -0.25) is 4.99 Å². The Balaban J connectivity index is 2.08. The third kappa shape index (κ3) is 1.83. The van der Waals surface area contributed by atoms with Gasteiger partial charge >= 0.3 is 0 Å². The zero-order valence-electron chi connectivity index (χ0n) is 7.46. The molecule has 13 heavy (non-hydrogen) atoms. The van der Waals surface area contributed by atoms with Gasteiger partial charge in [-0.15, -0.1) is 0 Å². The number of aliphatic imine (C=N–C) groups is 1. The molecular formula is C11H12BrN. The molecule has 1 heterocycles. The van der Waals surface area contributed by atoms with Crippen LogP contribution >= 0.6 is 15.9 Å². The summed E-state index contributed by atoms with van der Waals surface area (Å²) < 4.78 is 0. The number of alkyl halides is 1. The molecule has 2 heteroatoms. The van der Waals surface area contributed by atoms with Crippen LogP contribution in [0, 0.1) is 0 Å². The Morgan fingerprint density at radius 2 is 2.38 bits per heavy atom. The molecule has 2 aliphatic rings. The van der Waals surface area contributed by atoms with Gasteiger partial charge in [-0.05, 0) is 18.4 Å². The van der Waals surface area contributed by atoms with Crippen LogP contribution in [0.2, 0.25) is 0 Å². The van der Waals surface area contributed by atoms with Crippen molar-refractivity contribution in [1.82, 2.24) is 0 Å². The highest BCUT2D eigenvalue weighted by Gasteiger charge is 2.16. The van der Waals surface area contributed by atoms with E-state index in [0.29, 0.717) is 0 Å². The highest BCUT2D eigenvalue weighted by molar-refractivity contribution is 9.09. The van der Waals surface area contributed by atoms with E-state index in [1.807, 2.05) is 6.20 Å². The van der Waals surface area contributed by atoms with Crippen LogP contribution in [0.1, 0.15) is 19.3 Å². The number of nitrogens with zero attached hydrogens (tertiary/aromatic N) is 1. The molecule has 0 aromatic rings. The molecule has 0 aromatic heterocycles. The van der Waals surface area contributed by atoms with Crippen LogP contribution in [-0.4, -0.2) is 11.0 Å². The minimum Gasteiger partial charge on any atom is -0.260 e. The monoisotopic (exact) mass is 237 g/mol. The SMILES string of the molecule is BrCCCC1=CN=C2CC=CC=C12. The summed E-state index contributed by atoms with van der Waals surface area (Å²) >= 11 is 3.45. The van der Waals surface area contributed by atoms with Crippen molar-refractivity contribution in [3.8, 4) is 0 Å². The van der Waals surface area contributed by atoms with E-state index in [2.05, 4.69) is 39.2 Å². The quantitative estimate of drug-likeness (QED) is 0.668. The van der Waals surface area contributed by atoms with Gasteiger partial charge in [0.05, 0.1) is 5.71 Å². The van der Waals surface area contributed by atoms with E-state index in [4.69, 9.17) is 0 Å². The van der Waals surface area contributed by atoms with Gasteiger partial charge in [-0.1, -0.05) is 34.2 Å². The molecule has 0 saturated heterocycles. The Bertz CT molecular complexity index is 321. The molecule has 0 bridgehead atoms. The lowest BCUT2D eigenvalue weighted by molar-refractivity contribution is 0.938. The van der Waals surface area contributed by atoms with E-state index in [-0.39, 0.29) is 0 Å². The number of hydrogen-bond acceptors (Lipinski definition) is 1. The molecule has 1 aliphatic carbocycles. The molecule has 0 atom stereocenters. The zero-order valence-corrected chi connectivity index (χ0v) is 9.05. The summed E-state index contributed by atoms with van der Waals surface area (Å²) in [4.78, 5) is 4.41. The summed E-state index contributed by atoms with van der Waals surface area (Å²) in [5, 5.41) is 1.07. The average Bonchev–Trinajstić information content (AvgIpc) is 2.58. The summed E-state index contributed by atoms with van der Waals surface area (Å²) in [6.07, 6.45) is 11.8. The Hall–Kier alpha value is -0.630. The second-order valence-electron chi connectivity index (χ2n) is 3.24. The Morgan fingerprint density at radius 3 is 3.23 bits per heavy atom. The van der Waals surface area contributed by atoms with E-state index in [0.717, 1.165) is 18.2 Å². The Kier molecular flexibility index (Phi) is 2.79. The molecule has 0 amide bonds. The Morgan fingerprint density at radius 1 is 1.46 bits per heavy atom. The molecule has 0 saturated carbocycles. The predicted octanol–water partition coefficient (Wildman–Crippen LogP) is 3.39. The van der Waals surface area contributed by atoms with E-state index in [1.165, 1.54) is 23.3 Å². The summed E-state index contributed by atoms with van der Waals surface area (Å²) in [7, 11) is 0. The van der Waals surface area contributed by atoms with Gasteiger partial charge in [0, 0.05) is 23.5 Å². The van der Waals surface area contributed by atoms with E-state index >= 15 is 0 Å². The van der Waals surface area contributed by atoms with Crippen molar-refractivity contribution in [3.05, 3.63) is 35.6 Å². The van der Waals surface area contributed by atoms with Gasteiger partial charge in [-0.2, -0.15) is 0 Å². The van der Waals surface area contributed by atoms with Crippen molar-refractivity contribution in [2.75, 3.05) is 5.33 Å². The van der Waals surface area contributed by atoms with Gasteiger partial charge in [0.1, 0.15) is 0 Å². The van der Waals surface area contributed by atoms with E-state index < -0.39 is 0 Å². The average molecular weight is 238 g/mol. The number of fused-ring (bicyclic) bond motifs is 1. The lowest BCUT2D eigenvalue weighted by Gasteiger charge is -2.08. The summed E-state index contributed by atoms with van der Waals surface area (Å²) in [6, 6.07) is 0. The molecule has 1 aliphatic heterocycles. The number of halogens is 1. The van der Waals surface area contributed by atoms with Crippen molar-refractivity contribution in [1.29, 1.82) is 0 Å². The molecule has 0 radical (unpaired) electrons. The van der Waals surface area contributed by atoms with Gasteiger partial charge in [0.25, 0.3) is 0 Å². The molecule has 0 unspecified atom stereocenters. The standard InChI is InChI=1S/C11H12BrN/c12-7-3-4-9-8-13-11-6-2-1-5-10(9)11/h1-2,5,8H,3-4,6-7H2. The molecule has 0 fully saturated rings. The van der Waals surface area contributed by atoms with Crippen LogP contribution in [-0.2, 0) is 0 Å². The fraction of sp³-hybridized carbons (Fsp3) is 0.364. The largest absolute Gasteiger partial charge is 0.260 e. The lowest BCUT2D eigenvalue weighted by atomic mass is 9.95. The maximum Gasteiger partial charge on any atom is 0.0516 e. The van der Waals surface area contributed by atoms with Crippen molar-refractivity contribution in [2.24, 2.45) is 4.99 Å². The van der Waals surface area contributed by atoms with Gasteiger partial charge in [0.2, 0.25) is 0 Å². The van der Waals surface area contributed by atoms with Crippen LogP contribution in [0.15, 0.2) is 40.6 Å². The maximum atomic E-state index is 4.41. The summed E-state index contributed by atoms with van der Waals surface area (Å²) in [5.41, 5.74) is 4.01. The van der Waals surface area contributed by atoms with Gasteiger partial charge in [-0.25, -0.2) is 0 Å². The van der Waals surface area contributed by atoms with Crippen molar-refractivity contribution in [2.45, 2.75) is 19.3 Å². The molecule has 2 rings (SSSR count). The number of rotatable bonds is 3. The molecular weight excluding hydrogens is 226 g/mol. The molecule has 0 spiro atoms. The summed E-state index contributed by atoms with van der Waals surface area (Å²) in [6.45, 7) is 0. The fourth-order valence-electron chi connectivity index (χ4n) is 1.65. The van der Waals surface area contributed by atoms with Crippen LogP contribution in [0.3, 0.4) is 0 Å². The third-order valence-electron chi connectivity index (χ3n) is 2.32. The topological polar surface area (TPSA) is 12.4 Å². The van der Waals surface area contributed by atoms with Crippen molar-refractivity contribution in [3.63, 3.8) is 0 Å². The van der Waals surface area contributed by atoms with E-state index in [1.54, 1.807) is 0 Å². The van der Waals surface area contributed by atoms with Crippen LogP contribution in [0.4, 0.5) is 0 Å². The minimum absolute atomic E-state index is 1.00. The third-order valence-corrected chi connectivity index (χ3v) is 2.88. The first-order valence-corrected chi connectivity index (χ1v) is 5.73. The normalized spacial score (nSPS) is 19.3. The first kappa shape index (κ1) is 8.95. The second-order valence-corrected chi connectivity index (χ2v) is 4.03. The molecule has 0 aromatic carbocycles. The van der Waals surface area contributed by atoms with Gasteiger partial charge in [0.15, 0.2) is 0 Å². The molecule has 68 valence electrons. The van der Waals surface area contributed by atoms with Crippen molar-refractivity contribution < 1.29 is 0 Å². The predicted molar refractivity (Wildman–Crippen MR) is 60.4 cm³/mol. The number of hydrogen-bond donors (Lipinski definition) is 0. The highest BCUT2D eigenvalue weighted by atomic mass is 79.9. The van der Waals surface area contributed by atoms with Crippen LogP contribution in [0.25, 0.3) is 0 Å². The maximum absolute atomic E-state index is 4.41. The second kappa shape index (κ2) is 4.05. The van der Waals surface area contributed by atoms with Crippen molar-refractivity contribution >= 4 is 21.6 Å². The van der Waals surface area contributed by atoms with Crippen LogP contribution < -0.4 is 0 Å². The number of allylic oxidation sites excluding steroid dienone is 5. The molecule has 0 N–H and O–H groups in total. The fourth-order valence-corrected chi connectivity index (χ4v) is 1.93. The zero-order chi connectivity index (χ0) is 9.10. The highest BCUT2D eigenvalue weighted by Crippen LogP contribution is 2.27. The lowest BCUT2D eigenvalue weighted by Crippen LogP contribution is -2.02. The van der Waals surface area contributed by atoms with Crippen LogP contribution in [0.5, 0.6) is 0 Å². The first-order valence-electron chi connectivity index (χ1n) is 4.61. The minimum atomic E-state index is 1.00. The van der Waals surface area contributed by atoms with E-state index in [9.17, 15) is 0 Å². The Labute approximate surface area is 87.1 Å². The smallest absolute Gasteiger partial charge is 0.0516 e. The summed E-state index contributed by atoms with van der Waals surface area (Å²) in [5.74, 6) is 0. The van der Waals surface area contributed by atoms with Gasteiger partial charge < -0.3 is 0 Å².